The van der Waals surface area contributed by atoms with Crippen molar-refractivity contribution >= 4 is 27.3 Å². The molecule has 142 valence electrons. The van der Waals surface area contributed by atoms with Crippen molar-refractivity contribution in [3.8, 4) is 0 Å². The summed E-state index contributed by atoms with van der Waals surface area (Å²) < 4.78 is 40.7. The van der Waals surface area contributed by atoms with Gasteiger partial charge in [0.2, 0.25) is 0 Å². The van der Waals surface area contributed by atoms with Gasteiger partial charge in [-0.2, -0.15) is 0 Å². The van der Waals surface area contributed by atoms with Gasteiger partial charge in [0.1, 0.15) is 5.82 Å². The van der Waals surface area contributed by atoms with E-state index in [1.54, 1.807) is 11.0 Å². The van der Waals surface area contributed by atoms with Crippen LogP contribution < -0.4 is 9.62 Å². The first-order chi connectivity index (χ1) is 13.4. The third-order valence-electron chi connectivity index (χ3n) is 4.62. The summed E-state index contributed by atoms with van der Waals surface area (Å²) in [6.45, 7) is 0.559. The summed E-state index contributed by atoms with van der Waals surface area (Å²) in [6.07, 6.45) is 0.770. The first-order valence-electron chi connectivity index (χ1n) is 8.72. The number of sulfonamides is 1. The lowest BCUT2D eigenvalue weighted by Gasteiger charge is -2.18. The van der Waals surface area contributed by atoms with Gasteiger partial charge in [0.25, 0.3) is 15.9 Å². The molecular weight excluding hydrogens is 379 g/mol. The second-order valence-electron chi connectivity index (χ2n) is 6.48. The number of hydrogen-bond donors (Lipinski definition) is 1. The molecule has 5 nitrogen and oxygen atoms in total. The number of fused-ring (bicyclic) bond motifs is 1. The van der Waals surface area contributed by atoms with E-state index in [1.165, 1.54) is 42.5 Å². The maximum atomic E-state index is 13.0. The second-order valence-corrected chi connectivity index (χ2v) is 8.16. The van der Waals surface area contributed by atoms with E-state index in [1.807, 2.05) is 24.3 Å². The van der Waals surface area contributed by atoms with Crippen LogP contribution in [0.15, 0.2) is 77.7 Å². The minimum atomic E-state index is -3.91. The van der Waals surface area contributed by atoms with Crippen molar-refractivity contribution in [3.05, 3.63) is 89.7 Å². The molecule has 0 fully saturated rings. The Kier molecular flexibility index (Phi) is 4.60. The first kappa shape index (κ1) is 18.2. The molecule has 0 atom stereocenters. The predicted octanol–water partition coefficient (Wildman–Crippen LogP) is 3.83. The molecule has 3 aromatic rings. The Hall–Kier alpha value is -3.19. The van der Waals surface area contributed by atoms with Crippen molar-refractivity contribution in [1.82, 2.24) is 0 Å². The number of nitrogens with one attached hydrogen (secondary N) is 1. The van der Waals surface area contributed by atoms with Gasteiger partial charge in [0, 0.05) is 23.5 Å². The summed E-state index contributed by atoms with van der Waals surface area (Å²) in [6, 6.07) is 18.6. The summed E-state index contributed by atoms with van der Waals surface area (Å²) in [4.78, 5) is 14.6. The van der Waals surface area contributed by atoms with Gasteiger partial charge in [-0.1, -0.05) is 24.3 Å². The van der Waals surface area contributed by atoms with Crippen molar-refractivity contribution < 1.29 is 17.6 Å². The molecule has 4 rings (SSSR count). The Morgan fingerprint density at radius 2 is 1.71 bits per heavy atom. The molecule has 28 heavy (non-hydrogen) atoms. The van der Waals surface area contributed by atoms with Crippen LogP contribution in [0.25, 0.3) is 0 Å². The van der Waals surface area contributed by atoms with Gasteiger partial charge in [-0.25, -0.2) is 12.8 Å². The van der Waals surface area contributed by atoms with E-state index in [0.29, 0.717) is 12.1 Å². The number of carbonyl (C=O) groups excluding carboxylic acids is 1. The molecule has 1 N–H and O–H groups in total. The maximum absolute atomic E-state index is 13.0. The fourth-order valence-electron chi connectivity index (χ4n) is 3.23. The Labute approximate surface area is 162 Å². The minimum Gasteiger partial charge on any atom is -0.308 e. The van der Waals surface area contributed by atoms with E-state index in [0.717, 1.165) is 17.7 Å². The number of carbonyl (C=O) groups is 1. The standard InChI is InChI=1S/C21H17FN2O3S/c22-17-8-10-18(11-9-17)23-28(26,27)19-6-3-5-16(14-19)21(25)24-13-12-15-4-1-2-7-20(15)24/h1-11,14,23H,12-13H2. The Balaban J connectivity index is 1.61. The van der Waals surface area contributed by atoms with Gasteiger partial charge in [0.15, 0.2) is 0 Å². The fourth-order valence-corrected chi connectivity index (χ4v) is 4.34. The van der Waals surface area contributed by atoms with Gasteiger partial charge in [0.05, 0.1) is 4.90 Å². The Morgan fingerprint density at radius 3 is 2.50 bits per heavy atom. The lowest BCUT2D eigenvalue weighted by Crippen LogP contribution is -2.29. The van der Waals surface area contributed by atoms with E-state index < -0.39 is 15.8 Å². The van der Waals surface area contributed by atoms with Crippen molar-refractivity contribution in [2.45, 2.75) is 11.3 Å². The topological polar surface area (TPSA) is 66.5 Å². The molecule has 1 amide bonds. The lowest BCUT2D eigenvalue weighted by atomic mass is 10.1. The largest absolute Gasteiger partial charge is 0.308 e. The normalized spacial score (nSPS) is 13.2. The first-order valence-corrected chi connectivity index (χ1v) is 10.2. The highest BCUT2D eigenvalue weighted by molar-refractivity contribution is 7.92. The highest BCUT2D eigenvalue weighted by atomic mass is 32.2. The second kappa shape index (κ2) is 7.09. The third kappa shape index (κ3) is 3.48. The van der Waals surface area contributed by atoms with E-state index in [-0.39, 0.29) is 16.5 Å². The molecule has 0 unspecified atom stereocenters. The van der Waals surface area contributed by atoms with E-state index >= 15 is 0 Å². The number of amides is 1. The van der Waals surface area contributed by atoms with Crippen molar-refractivity contribution in [1.29, 1.82) is 0 Å². The molecule has 0 radical (unpaired) electrons. The van der Waals surface area contributed by atoms with E-state index in [9.17, 15) is 17.6 Å². The summed E-state index contributed by atoms with van der Waals surface area (Å²) in [7, 11) is -3.91. The van der Waals surface area contributed by atoms with Gasteiger partial charge in [-0.05, 0) is 60.5 Å². The predicted molar refractivity (Wildman–Crippen MR) is 105 cm³/mol. The minimum absolute atomic E-state index is 0.0323. The van der Waals surface area contributed by atoms with Crippen molar-refractivity contribution in [2.75, 3.05) is 16.2 Å². The number of para-hydroxylation sites is 1. The molecule has 0 saturated carbocycles. The molecule has 0 aromatic heterocycles. The molecule has 1 aliphatic heterocycles. The van der Waals surface area contributed by atoms with Gasteiger partial charge >= 0.3 is 0 Å². The molecule has 3 aromatic carbocycles. The third-order valence-corrected chi connectivity index (χ3v) is 6.00. The molecule has 0 aliphatic carbocycles. The van der Waals surface area contributed by atoms with Crippen LogP contribution in [0.2, 0.25) is 0 Å². The van der Waals surface area contributed by atoms with Crippen molar-refractivity contribution in [3.63, 3.8) is 0 Å². The molecule has 0 spiro atoms. The summed E-state index contributed by atoms with van der Waals surface area (Å²) in [5.74, 6) is -0.704. The average molecular weight is 396 g/mol. The number of hydrogen-bond acceptors (Lipinski definition) is 3. The Morgan fingerprint density at radius 1 is 0.964 bits per heavy atom. The number of halogens is 1. The highest BCUT2D eigenvalue weighted by Crippen LogP contribution is 2.29. The SMILES string of the molecule is O=C(c1cccc(S(=O)(=O)Nc2ccc(F)cc2)c1)N1CCc2ccccc21. The van der Waals surface area contributed by atoms with Crippen LogP contribution in [0.3, 0.4) is 0 Å². The fraction of sp³-hybridized carbons (Fsp3) is 0.0952. The highest BCUT2D eigenvalue weighted by Gasteiger charge is 2.26. The number of nitrogens with zero attached hydrogens (tertiary/aromatic N) is 1. The number of anilines is 2. The molecule has 7 heteroatoms. The smallest absolute Gasteiger partial charge is 0.261 e. The Bertz CT molecular complexity index is 1140. The van der Waals surface area contributed by atoms with Gasteiger partial charge < -0.3 is 4.90 Å². The van der Waals surface area contributed by atoms with Crippen LogP contribution in [-0.4, -0.2) is 20.9 Å². The van der Waals surface area contributed by atoms with Crippen LogP contribution in [0, 0.1) is 5.82 Å². The van der Waals surface area contributed by atoms with E-state index in [2.05, 4.69) is 4.72 Å². The summed E-state index contributed by atoms with van der Waals surface area (Å²) in [5, 5.41) is 0. The zero-order valence-corrected chi connectivity index (χ0v) is 15.6. The molecule has 1 heterocycles. The zero-order valence-electron chi connectivity index (χ0n) is 14.8. The molecule has 0 bridgehead atoms. The van der Waals surface area contributed by atoms with Crippen molar-refractivity contribution in [2.24, 2.45) is 0 Å². The van der Waals surface area contributed by atoms with Crippen LogP contribution in [0.5, 0.6) is 0 Å². The van der Waals surface area contributed by atoms with Crippen LogP contribution >= 0.6 is 0 Å². The van der Waals surface area contributed by atoms with E-state index in [4.69, 9.17) is 0 Å². The van der Waals surface area contributed by atoms with Gasteiger partial charge in [-0.3, -0.25) is 9.52 Å². The maximum Gasteiger partial charge on any atom is 0.261 e. The molecule has 1 aliphatic rings. The van der Waals surface area contributed by atoms with Gasteiger partial charge in [-0.15, -0.1) is 0 Å². The zero-order chi connectivity index (χ0) is 19.7. The average Bonchev–Trinajstić information content (AvgIpc) is 3.13. The van der Waals surface area contributed by atoms with Crippen LogP contribution in [0.1, 0.15) is 15.9 Å². The quantitative estimate of drug-likeness (QED) is 0.729. The molecular formula is C21H17FN2O3S. The molecule has 0 saturated heterocycles. The monoisotopic (exact) mass is 396 g/mol. The number of rotatable bonds is 4. The summed E-state index contributed by atoms with van der Waals surface area (Å²) in [5.41, 5.74) is 2.48. The summed E-state index contributed by atoms with van der Waals surface area (Å²) >= 11 is 0. The van der Waals surface area contributed by atoms with Crippen LogP contribution in [-0.2, 0) is 16.4 Å². The lowest BCUT2D eigenvalue weighted by molar-refractivity contribution is 0.0989. The number of benzene rings is 3. The van der Waals surface area contributed by atoms with Crippen LogP contribution in [0.4, 0.5) is 15.8 Å².